The lowest BCUT2D eigenvalue weighted by Gasteiger charge is -2.18. The number of amides is 1. The predicted octanol–water partition coefficient (Wildman–Crippen LogP) is 3.34. The Balaban J connectivity index is 2.30. The zero-order valence-electron chi connectivity index (χ0n) is 10.2. The molecule has 3 nitrogen and oxygen atoms in total. The van der Waals surface area contributed by atoms with Crippen LogP contribution in [0.4, 0.5) is 15.8 Å². The molecule has 0 aliphatic carbocycles. The standard InChI is InChI=1S/C14H12ClFN2O/c1-18(11-5-2-9(16)3-6-11)14(19)12-7-4-10(17)8-13(12)15/h2-8H,17H2,1H3. The molecule has 2 aromatic carbocycles. The fraction of sp³-hybridized carbons (Fsp3) is 0.0714. The van der Waals surface area contributed by atoms with Crippen LogP contribution in [0.1, 0.15) is 10.4 Å². The first-order chi connectivity index (χ1) is 8.99. The van der Waals surface area contributed by atoms with Crippen LogP contribution in [-0.4, -0.2) is 13.0 Å². The van der Waals surface area contributed by atoms with Crippen LogP contribution in [0.2, 0.25) is 5.02 Å². The number of nitrogens with two attached hydrogens (primary N) is 1. The smallest absolute Gasteiger partial charge is 0.259 e. The fourth-order valence-electron chi connectivity index (χ4n) is 1.67. The first-order valence-electron chi connectivity index (χ1n) is 5.57. The van der Waals surface area contributed by atoms with Crippen molar-refractivity contribution in [2.24, 2.45) is 0 Å². The van der Waals surface area contributed by atoms with E-state index in [2.05, 4.69) is 0 Å². The van der Waals surface area contributed by atoms with Gasteiger partial charge in [0.25, 0.3) is 5.91 Å². The lowest BCUT2D eigenvalue weighted by Crippen LogP contribution is -2.26. The van der Waals surface area contributed by atoms with Gasteiger partial charge in [-0.3, -0.25) is 4.79 Å². The van der Waals surface area contributed by atoms with Crippen LogP contribution >= 0.6 is 11.6 Å². The van der Waals surface area contributed by atoms with Gasteiger partial charge < -0.3 is 10.6 Å². The van der Waals surface area contributed by atoms with E-state index < -0.39 is 0 Å². The molecular formula is C14H12ClFN2O. The molecule has 0 aliphatic heterocycles. The quantitative estimate of drug-likeness (QED) is 0.857. The third kappa shape index (κ3) is 2.85. The molecule has 0 aliphatic rings. The van der Waals surface area contributed by atoms with Crippen LogP contribution in [0.3, 0.4) is 0 Å². The minimum Gasteiger partial charge on any atom is -0.399 e. The van der Waals surface area contributed by atoms with Crippen LogP contribution in [0.5, 0.6) is 0 Å². The first kappa shape index (κ1) is 13.4. The highest BCUT2D eigenvalue weighted by atomic mass is 35.5. The van der Waals surface area contributed by atoms with Gasteiger partial charge in [0, 0.05) is 18.4 Å². The van der Waals surface area contributed by atoms with Gasteiger partial charge in [-0.2, -0.15) is 0 Å². The minimum absolute atomic E-state index is 0.281. The Labute approximate surface area is 115 Å². The van der Waals surface area contributed by atoms with Gasteiger partial charge in [0.2, 0.25) is 0 Å². The number of benzene rings is 2. The second-order valence-electron chi connectivity index (χ2n) is 4.08. The molecule has 2 N–H and O–H groups in total. The summed E-state index contributed by atoms with van der Waals surface area (Å²) in [6.45, 7) is 0. The average molecular weight is 279 g/mol. The van der Waals surface area contributed by atoms with E-state index in [1.807, 2.05) is 0 Å². The van der Waals surface area contributed by atoms with Gasteiger partial charge in [0.1, 0.15) is 5.82 Å². The summed E-state index contributed by atoms with van der Waals surface area (Å²) in [7, 11) is 1.60. The molecule has 0 aromatic heterocycles. The van der Waals surface area contributed by atoms with Gasteiger partial charge in [0.05, 0.1) is 10.6 Å². The molecule has 0 fully saturated rings. The van der Waals surface area contributed by atoms with Gasteiger partial charge >= 0.3 is 0 Å². The van der Waals surface area contributed by atoms with E-state index in [-0.39, 0.29) is 11.7 Å². The molecule has 0 saturated heterocycles. The van der Waals surface area contributed by atoms with Crippen LogP contribution in [0, 0.1) is 5.82 Å². The van der Waals surface area contributed by atoms with Gasteiger partial charge in [-0.25, -0.2) is 4.39 Å². The summed E-state index contributed by atoms with van der Waals surface area (Å²) in [6.07, 6.45) is 0. The maximum Gasteiger partial charge on any atom is 0.259 e. The largest absolute Gasteiger partial charge is 0.399 e. The molecule has 98 valence electrons. The Morgan fingerprint density at radius 1 is 1.21 bits per heavy atom. The molecule has 0 heterocycles. The number of hydrogen-bond donors (Lipinski definition) is 1. The molecule has 5 heteroatoms. The van der Waals surface area contributed by atoms with Crippen molar-refractivity contribution < 1.29 is 9.18 Å². The van der Waals surface area contributed by atoms with E-state index >= 15 is 0 Å². The predicted molar refractivity (Wildman–Crippen MR) is 75.0 cm³/mol. The van der Waals surface area contributed by atoms with E-state index in [0.29, 0.717) is 22.0 Å². The Hall–Kier alpha value is -2.07. The second kappa shape index (κ2) is 5.28. The van der Waals surface area contributed by atoms with E-state index in [9.17, 15) is 9.18 Å². The van der Waals surface area contributed by atoms with Crippen molar-refractivity contribution in [3.63, 3.8) is 0 Å². The number of halogens is 2. The number of anilines is 2. The molecule has 1 amide bonds. The van der Waals surface area contributed by atoms with Crippen molar-refractivity contribution >= 4 is 28.9 Å². The number of nitrogens with zero attached hydrogens (tertiary/aromatic N) is 1. The molecule has 19 heavy (non-hydrogen) atoms. The van der Waals surface area contributed by atoms with Gasteiger partial charge in [-0.1, -0.05) is 11.6 Å². The van der Waals surface area contributed by atoms with Crippen molar-refractivity contribution in [3.05, 3.63) is 58.9 Å². The molecule has 2 aromatic rings. The SMILES string of the molecule is CN(C(=O)c1ccc(N)cc1Cl)c1ccc(F)cc1. The molecule has 0 unspecified atom stereocenters. The molecule has 0 radical (unpaired) electrons. The third-order valence-corrected chi connectivity index (χ3v) is 3.05. The summed E-state index contributed by atoms with van der Waals surface area (Å²) < 4.78 is 12.8. The third-order valence-electron chi connectivity index (χ3n) is 2.74. The number of carbonyl (C=O) groups is 1. The average Bonchev–Trinajstić information content (AvgIpc) is 2.38. The normalized spacial score (nSPS) is 10.3. The summed E-state index contributed by atoms with van der Waals surface area (Å²) in [4.78, 5) is 13.7. The topological polar surface area (TPSA) is 46.3 Å². The van der Waals surface area contributed by atoms with E-state index in [0.717, 1.165) is 0 Å². The Kier molecular flexibility index (Phi) is 3.71. The van der Waals surface area contributed by atoms with Crippen molar-refractivity contribution in [3.8, 4) is 0 Å². The van der Waals surface area contributed by atoms with Gasteiger partial charge in [-0.05, 0) is 42.5 Å². The molecule has 0 saturated carbocycles. The zero-order valence-corrected chi connectivity index (χ0v) is 11.0. The summed E-state index contributed by atoms with van der Waals surface area (Å²) in [6, 6.07) is 10.3. The van der Waals surface area contributed by atoms with Crippen molar-refractivity contribution in [2.45, 2.75) is 0 Å². The molecule has 0 spiro atoms. The van der Waals surface area contributed by atoms with E-state index in [4.69, 9.17) is 17.3 Å². The van der Waals surface area contributed by atoms with E-state index in [1.165, 1.54) is 35.2 Å². The highest BCUT2D eigenvalue weighted by Crippen LogP contribution is 2.23. The van der Waals surface area contributed by atoms with Crippen molar-refractivity contribution in [2.75, 3.05) is 17.7 Å². The molecular weight excluding hydrogens is 267 g/mol. The molecule has 0 bridgehead atoms. The van der Waals surface area contributed by atoms with Crippen molar-refractivity contribution in [1.29, 1.82) is 0 Å². The monoisotopic (exact) mass is 278 g/mol. The molecule has 0 atom stereocenters. The van der Waals surface area contributed by atoms with Crippen molar-refractivity contribution in [1.82, 2.24) is 0 Å². The molecule has 2 rings (SSSR count). The summed E-state index contributed by atoms with van der Waals surface area (Å²) in [5.74, 6) is -0.633. The number of carbonyl (C=O) groups excluding carboxylic acids is 1. The highest BCUT2D eigenvalue weighted by molar-refractivity contribution is 6.34. The summed E-state index contributed by atoms with van der Waals surface area (Å²) >= 11 is 5.99. The van der Waals surface area contributed by atoms with Gasteiger partial charge in [-0.15, -0.1) is 0 Å². The summed E-state index contributed by atoms with van der Waals surface area (Å²) in [5, 5.41) is 0.291. The number of hydrogen-bond acceptors (Lipinski definition) is 2. The number of rotatable bonds is 2. The zero-order chi connectivity index (χ0) is 14.0. The maximum atomic E-state index is 12.8. The van der Waals surface area contributed by atoms with Crippen LogP contribution in [-0.2, 0) is 0 Å². The second-order valence-corrected chi connectivity index (χ2v) is 4.49. The fourth-order valence-corrected chi connectivity index (χ4v) is 1.94. The Morgan fingerprint density at radius 3 is 2.42 bits per heavy atom. The van der Waals surface area contributed by atoms with Crippen LogP contribution < -0.4 is 10.6 Å². The van der Waals surface area contributed by atoms with E-state index in [1.54, 1.807) is 19.2 Å². The number of nitrogen functional groups attached to an aromatic ring is 1. The van der Waals surface area contributed by atoms with Gasteiger partial charge in [0.15, 0.2) is 0 Å². The Bertz CT molecular complexity index is 613. The minimum atomic E-state index is -0.352. The van der Waals surface area contributed by atoms with Crippen LogP contribution in [0.25, 0.3) is 0 Å². The Morgan fingerprint density at radius 2 is 1.84 bits per heavy atom. The summed E-state index contributed by atoms with van der Waals surface area (Å²) in [5.41, 5.74) is 7.00. The highest BCUT2D eigenvalue weighted by Gasteiger charge is 2.16. The van der Waals surface area contributed by atoms with Crippen LogP contribution in [0.15, 0.2) is 42.5 Å². The lowest BCUT2D eigenvalue weighted by atomic mass is 10.1. The lowest BCUT2D eigenvalue weighted by molar-refractivity contribution is 0.0993. The maximum absolute atomic E-state index is 12.8. The first-order valence-corrected chi connectivity index (χ1v) is 5.95.